The van der Waals surface area contributed by atoms with E-state index in [9.17, 15) is 9.59 Å². The molecule has 27 heavy (non-hydrogen) atoms. The van der Waals surface area contributed by atoms with Crippen LogP contribution in [0.3, 0.4) is 0 Å². The molecule has 0 radical (unpaired) electrons. The maximum atomic E-state index is 12.3. The maximum Gasteiger partial charge on any atom is 0.338 e. The van der Waals surface area contributed by atoms with Gasteiger partial charge in [-0.1, -0.05) is 32.0 Å². The topological polar surface area (TPSA) is 73.9 Å². The van der Waals surface area contributed by atoms with E-state index in [1.807, 2.05) is 25.1 Å². The molecule has 0 heterocycles. The Morgan fingerprint density at radius 2 is 1.67 bits per heavy atom. The molecule has 0 fully saturated rings. The quantitative estimate of drug-likeness (QED) is 0.747. The number of para-hydroxylation sites is 1. The molecule has 6 heteroatoms. The highest BCUT2D eigenvalue weighted by molar-refractivity contribution is 5.96. The van der Waals surface area contributed by atoms with Gasteiger partial charge in [-0.25, -0.2) is 4.79 Å². The van der Waals surface area contributed by atoms with Crippen molar-refractivity contribution in [1.29, 1.82) is 0 Å². The Morgan fingerprint density at radius 1 is 1.04 bits per heavy atom. The Labute approximate surface area is 159 Å². The van der Waals surface area contributed by atoms with Gasteiger partial charge in [0.1, 0.15) is 11.5 Å². The van der Waals surface area contributed by atoms with Gasteiger partial charge in [-0.3, -0.25) is 4.79 Å². The fourth-order valence-corrected chi connectivity index (χ4v) is 2.66. The van der Waals surface area contributed by atoms with E-state index in [2.05, 4.69) is 19.2 Å². The Hall–Kier alpha value is -3.02. The van der Waals surface area contributed by atoms with Crippen molar-refractivity contribution in [2.45, 2.75) is 26.7 Å². The second-order valence-corrected chi connectivity index (χ2v) is 6.42. The summed E-state index contributed by atoms with van der Waals surface area (Å²) in [4.78, 5) is 24.6. The summed E-state index contributed by atoms with van der Waals surface area (Å²) < 4.78 is 15.4. The number of rotatable bonds is 7. The summed E-state index contributed by atoms with van der Waals surface area (Å²) in [6, 6.07) is 10.6. The van der Waals surface area contributed by atoms with Gasteiger partial charge in [-0.15, -0.1) is 0 Å². The molecule has 0 saturated heterocycles. The minimum atomic E-state index is -0.629. The SMILES string of the molecule is COc1cc(OC)cc(C(=O)OCC(=O)Nc2c(C)cccc2C(C)C)c1. The van der Waals surface area contributed by atoms with Crippen LogP contribution in [0.15, 0.2) is 36.4 Å². The van der Waals surface area contributed by atoms with E-state index in [1.165, 1.54) is 26.4 Å². The van der Waals surface area contributed by atoms with Crippen LogP contribution >= 0.6 is 0 Å². The number of hydrogen-bond donors (Lipinski definition) is 1. The first-order valence-corrected chi connectivity index (χ1v) is 8.65. The zero-order valence-corrected chi connectivity index (χ0v) is 16.3. The summed E-state index contributed by atoms with van der Waals surface area (Å²) in [5, 5.41) is 2.85. The first-order chi connectivity index (χ1) is 12.8. The normalized spacial score (nSPS) is 10.4. The molecular weight excluding hydrogens is 346 g/mol. The molecule has 0 unspecified atom stereocenters. The van der Waals surface area contributed by atoms with Crippen LogP contribution < -0.4 is 14.8 Å². The Bertz CT molecular complexity index is 807. The van der Waals surface area contributed by atoms with Crippen molar-refractivity contribution in [2.75, 3.05) is 26.1 Å². The summed E-state index contributed by atoms with van der Waals surface area (Å²) >= 11 is 0. The number of aryl methyl sites for hydroxylation is 1. The monoisotopic (exact) mass is 371 g/mol. The molecule has 0 spiro atoms. The highest BCUT2D eigenvalue weighted by Crippen LogP contribution is 2.27. The Morgan fingerprint density at radius 3 is 2.22 bits per heavy atom. The predicted octanol–water partition coefficient (Wildman–Crippen LogP) is 3.93. The molecule has 0 aliphatic carbocycles. The van der Waals surface area contributed by atoms with Gasteiger partial charge < -0.3 is 19.5 Å². The Kier molecular flexibility index (Phi) is 6.82. The van der Waals surface area contributed by atoms with E-state index in [0.717, 1.165) is 16.8 Å². The number of benzene rings is 2. The number of hydrogen-bond acceptors (Lipinski definition) is 5. The third-order valence-corrected chi connectivity index (χ3v) is 4.11. The van der Waals surface area contributed by atoms with Crippen LogP contribution in [0.1, 0.15) is 41.3 Å². The summed E-state index contributed by atoms with van der Waals surface area (Å²) in [5.41, 5.74) is 3.00. The first kappa shape index (κ1) is 20.3. The average Bonchev–Trinajstić information content (AvgIpc) is 2.66. The van der Waals surface area contributed by atoms with Crippen LogP contribution in [-0.4, -0.2) is 32.7 Å². The number of esters is 1. The molecule has 2 aromatic rings. The molecule has 6 nitrogen and oxygen atoms in total. The molecule has 0 aromatic heterocycles. The van der Waals surface area contributed by atoms with E-state index >= 15 is 0 Å². The second-order valence-electron chi connectivity index (χ2n) is 6.42. The number of methoxy groups -OCH3 is 2. The van der Waals surface area contributed by atoms with Crippen LogP contribution in [0.5, 0.6) is 11.5 Å². The maximum absolute atomic E-state index is 12.3. The standard InChI is InChI=1S/C21H25NO5/c1-13(2)18-8-6-7-14(3)20(18)22-19(23)12-27-21(24)15-9-16(25-4)11-17(10-15)26-5/h6-11,13H,12H2,1-5H3,(H,22,23). The zero-order chi connectivity index (χ0) is 20.0. The van der Waals surface area contributed by atoms with E-state index < -0.39 is 11.9 Å². The van der Waals surface area contributed by atoms with Gasteiger partial charge in [-0.05, 0) is 36.1 Å². The van der Waals surface area contributed by atoms with Gasteiger partial charge in [-0.2, -0.15) is 0 Å². The number of carbonyl (C=O) groups is 2. The van der Waals surface area contributed by atoms with Gasteiger partial charge in [0, 0.05) is 11.8 Å². The lowest BCUT2D eigenvalue weighted by atomic mass is 9.98. The summed E-state index contributed by atoms with van der Waals surface area (Å²) in [6.07, 6.45) is 0. The van der Waals surface area contributed by atoms with Crippen LogP contribution in [0.4, 0.5) is 5.69 Å². The van der Waals surface area contributed by atoms with Crippen molar-refractivity contribution in [3.63, 3.8) is 0 Å². The van der Waals surface area contributed by atoms with Crippen molar-refractivity contribution in [2.24, 2.45) is 0 Å². The van der Waals surface area contributed by atoms with Crippen molar-refractivity contribution in [1.82, 2.24) is 0 Å². The third kappa shape index (κ3) is 5.23. The molecule has 0 atom stereocenters. The molecule has 2 rings (SSSR count). The van der Waals surface area contributed by atoms with Crippen molar-refractivity contribution in [3.05, 3.63) is 53.1 Å². The smallest absolute Gasteiger partial charge is 0.338 e. The largest absolute Gasteiger partial charge is 0.497 e. The van der Waals surface area contributed by atoms with Crippen molar-refractivity contribution >= 4 is 17.6 Å². The number of amides is 1. The zero-order valence-electron chi connectivity index (χ0n) is 16.3. The first-order valence-electron chi connectivity index (χ1n) is 8.65. The highest BCUT2D eigenvalue weighted by atomic mass is 16.5. The number of anilines is 1. The van der Waals surface area contributed by atoms with Gasteiger partial charge in [0.15, 0.2) is 6.61 Å². The van der Waals surface area contributed by atoms with E-state index in [-0.39, 0.29) is 18.1 Å². The van der Waals surface area contributed by atoms with E-state index in [1.54, 1.807) is 6.07 Å². The minimum absolute atomic E-state index is 0.248. The summed E-state index contributed by atoms with van der Waals surface area (Å²) in [5.74, 6) is 0.164. The van der Waals surface area contributed by atoms with Gasteiger partial charge in [0.2, 0.25) is 0 Å². The number of carbonyl (C=O) groups excluding carboxylic acids is 2. The van der Waals surface area contributed by atoms with Crippen molar-refractivity contribution < 1.29 is 23.8 Å². The van der Waals surface area contributed by atoms with E-state index in [4.69, 9.17) is 14.2 Å². The molecular formula is C21H25NO5. The second kappa shape index (κ2) is 9.07. The molecule has 144 valence electrons. The molecule has 1 N–H and O–H groups in total. The van der Waals surface area contributed by atoms with Crippen molar-refractivity contribution in [3.8, 4) is 11.5 Å². The molecule has 0 aliphatic rings. The summed E-state index contributed by atoms with van der Waals surface area (Å²) in [7, 11) is 2.98. The fraction of sp³-hybridized carbons (Fsp3) is 0.333. The number of ether oxygens (including phenoxy) is 3. The average molecular weight is 371 g/mol. The van der Waals surface area contributed by atoms with Crippen LogP contribution in [-0.2, 0) is 9.53 Å². The van der Waals surface area contributed by atoms with Gasteiger partial charge in [0.25, 0.3) is 5.91 Å². The minimum Gasteiger partial charge on any atom is -0.497 e. The van der Waals surface area contributed by atoms with Gasteiger partial charge >= 0.3 is 5.97 Å². The fourth-order valence-electron chi connectivity index (χ4n) is 2.66. The lowest BCUT2D eigenvalue weighted by Crippen LogP contribution is -2.22. The Balaban J connectivity index is 2.05. The third-order valence-electron chi connectivity index (χ3n) is 4.11. The predicted molar refractivity (Wildman–Crippen MR) is 104 cm³/mol. The lowest BCUT2D eigenvalue weighted by Gasteiger charge is -2.16. The van der Waals surface area contributed by atoms with Crippen LogP contribution in [0.2, 0.25) is 0 Å². The van der Waals surface area contributed by atoms with Crippen LogP contribution in [0, 0.1) is 6.92 Å². The molecule has 2 aromatic carbocycles. The number of nitrogens with one attached hydrogen (secondary N) is 1. The summed E-state index contributed by atoms with van der Waals surface area (Å²) in [6.45, 7) is 5.65. The van der Waals surface area contributed by atoms with E-state index in [0.29, 0.717) is 11.5 Å². The lowest BCUT2D eigenvalue weighted by molar-refractivity contribution is -0.119. The van der Waals surface area contributed by atoms with Crippen LogP contribution in [0.25, 0.3) is 0 Å². The molecule has 0 bridgehead atoms. The highest BCUT2D eigenvalue weighted by Gasteiger charge is 2.16. The molecule has 1 amide bonds. The molecule has 0 saturated carbocycles. The van der Waals surface area contributed by atoms with Gasteiger partial charge in [0.05, 0.1) is 19.8 Å². The molecule has 0 aliphatic heterocycles.